The molecule has 5 rings (SSSR count). The molecule has 0 aliphatic heterocycles. The molecule has 1 N–H and O–H groups in total. The van der Waals surface area contributed by atoms with Crippen LogP contribution in [-0.2, 0) is 6.80 Å². The Kier molecular flexibility index (Phi) is 3.27. The summed E-state index contributed by atoms with van der Waals surface area (Å²) in [5, 5.41) is 8.24. The van der Waals surface area contributed by atoms with E-state index in [9.17, 15) is 4.39 Å². The Bertz CT molecular complexity index is 1050. The van der Waals surface area contributed by atoms with Crippen molar-refractivity contribution in [2.45, 2.75) is 25.6 Å². The topological polar surface area (TPSA) is 72.9 Å². The summed E-state index contributed by atoms with van der Waals surface area (Å²) in [5.74, 6) is 1.29. The van der Waals surface area contributed by atoms with Crippen molar-refractivity contribution in [2.75, 3.05) is 5.32 Å². The summed E-state index contributed by atoms with van der Waals surface area (Å²) in [5.41, 5.74) is 3.49. The molecular formula is C16H14FN7S. The molecule has 0 unspecified atom stereocenters. The van der Waals surface area contributed by atoms with Crippen LogP contribution in [0.2, 0.25) is 0 Å². The monoisotopic (exact) mass is 355 g/mol. The van der Waals surface area contributed by atoms with Crippen molar-refractivity contribution in [2.24, 2.45) is 0 Å². The smallest absolute Gasteiger partial charge is 0.181 e. The molecule has 0 amide bonds. The highest BCUT2D eigenvalue weighted by Crippen LogP contribution is 2.41. The first-order valence-corrected chi connectivity index (χ1v) is 8.73. The fourth-order valence-electron chi connectivity index (χ4n) is 2.82. The number of aromatic nitrogens is 6. The van der Waals surface area contributed by atoms with Gasteiger partial charge in [0.2, 0.25) is 0 Å². The molecule has 1 aliphatic carbocycles. The van der Waals surface area contributed by atoms with Gasteiger partial charge in [0.15, 0.2) is 18.3 Å². The molecule has 4 aromatic rings. The van der Waals surface area contributed by atoms with Gasteiger partial charge >= 0.3 is 0 Å². The average Bonchev–Trinajstić information content (AvgIpc) is 3.04. The Morgan fingerprint density at radius 2 is 2.20 bits per heavy atom. The zero-order valence-corrected chi connectivity index (χ0v) is 13.9. The van der Waals surface area contributed by atoms with E-state index in [1.807, 2.05) is 10.6 Å². The lowest BCUT2D eigenvalue weighted by Crippen LogP contribution is -1.97. The van der Waals surface area contributed by atoms with Crippen LogP contribution in [0.5, 0.6) is 0 Å². The zero-order valence-electron chi connectivity index (χ0n) is 13.1. The van der Waals surface area contributed by atoms with Crippen molar-refractivity contribution < 1.29 is 4.39 Å². The van der Waals surface area contributed by atoms with Gasteiger partial charge in [0.25, 0.3) is 0 Å². The predicted molar refractivity (Wildman–Crippen MR) is 92.7 cm³/mol. The number of nitrogens with one attached hydrogen (secondary N) is 1. The molecular weight excluding hydrogens is 341 g/mol. The zero-order chi connectivity index (χ0) is 16.8. The summed E-state index contributed by atoms with van der Waals surface area (Å²) in [6, 6.07) is 2.09. The fraction of sp³-hybridized carbons (Fsp3) is 0.250. The lowest BCUT2D eigenvalue weighted by Gasteiger charge is -2.04. The first-order valence-electron chi connectivity index (χ1n) is 7.96. The quantitative estimate of drug-likeness (QED) is 0.592. The van der Waals surface area contributed by atoms with Gasteiger partial charge in [0.1, 0.15) is 5.00 Å². The number of fused-ring (bicyclic) bond motifs is 1. The van der Waals surface area contributed by atoms with E-state index in [1.165, 1.54) is 29.1 Å². The molecule has 7 nitrogen and oxygen atoms in total. The number of anilines is 2. The van der Waals surface area contributed by atoms with Crippen molar-refractivity contribution in [1.82, 2.24) is 28.5 Å². The SMILES string of the molecule is FCn1cc(-c2cnc3c(Nc4cc(C5CC5)ns4)nccn23)cn1. The summed E-state index contributed by atoms with van der Waals surface area (Å²) in [7, 11) is 0. The molecule has 1 aliphatic rings. The van der Waals surface area contributed by atoms with Crippen LogP contribution in [-0.4, -0.2) is 28.5 Å². The average molecular weight is 355 g/mol. The summed E-state index contributed by atoms with van der Waals surface area (Å²) >= 11 is 1.44. The Morgan fingerprint density at radius 3 is 3.00 bits per heavy atom. The van der Waals surface area contributed by atoms with Gasteiger partial charge < -0.3 is 5.32 Å². The third-order valence-corrected chi connectivity index (χ3v) is 4.96. The van der Waals surface area contributed by atoms with Gasteiger partial charge in [-0.1, -0.05) is 0 Å². The first kappa shape index (κ1) is 14.5. The van der Waals surface area contributed by atoms with Crippen molar-refractivity contribution >= 4 is 28.0 Å². The summed E-state index contributed by atoms with van der Waals surface area (Å²) < 4.78 is 20.4. The van der Waals surface area contributed by atoms with Crippen LogP contribution in [0.4, 0.5) is 15.2 Å². The van der Waals surface area contributed by atoms with Gasteiger partial charge in [-0.2, -0.15) is 9.47 Å². The molecule has 126 valence electrons. The second-order valence-corrected chi connectivity index (χ2v) is 6.82. The number of nitrogens with zero attached hydrogens (tertiary/aromatic N) is 6. The van der Waals surface area contributed by atoms with E-state index in [1.54, 1.807) is 24.8 Å². The van der Waals surface area contributed by atoms with Crippen LogP contribution >= 0.6 is 11.5 Å². The van der Waals surface area contributed by atoms with Gasteiger partial charge in [-0.3, -0.25) is 4.40 Å². The minimum absolute atomic E-state index is 0.626. The third kappa shape index (κ3) is 2.56. The largest absolute Gasteiger partial charge is 0.328 e. The molecule has 4 aromatic heterocycles. The summed E-state index contributed by atoms with van der Waals surface area (Å²) in [6.45, 7) is -0.653. The number of imidazole rings is 1. The molecule has 0 spiro atoms. The molecule has 0 aromatic carbocycles. The Labute approximate surface area is 146 Å². The number of rotatable bonds is 5. The highest BCUT2D eigenvalue weighted by Gasteiger charge is 2.26. The Morgan fingerprint density at radius 1 is 1.28 bits per heavy atom. The van der Waals surface area contributed by atoms with Crippen LogP contribution in [0.3, 0.4) is 0 Å². The van der Waals surface area contributed by atoms with Crippen LogP contribution < -0.4 is 5.32 Å². The molecule has 0 saturated heterocycles. The normalized spacial score (nSPS) is 14.3. The van der Waals surface area contributed by atoms with Crippen LogP contribution in [0, 0.1) is 0 Å². The van der Waals surface area contributed by atoms with Gasteiger partial charge in [-0.25, -0.2) is 19.0 Å². The highest BCUT2D eigenvalue weighted by atomic mass is 32.1. The second-order valence-electron chi connectivity index (χ2n) is 6.02. The van der Waals surface area contributed by atoms with E-state index in [-0.39, 0.29) is 0 Å². The number of hydrogen-bond donors (Lipinski definition) is 1. The first-order chi connectivity index (χ1) is 12.3. The fourth-order valence-corrected chi connectivity index (χ4v) is 3.54. The Balaban J connectivity index is 1.50. The minimum Gasteiger partial charge on any atom is -0.328 e. The van der Waals surface area contributed by atoms with Gasteiger partial charge in [0, 0.05) is 30.1 Å². The van der Waals surface area contributed by atoms with E-state index in [0.717, 1.165) is 22.0 Å². The van der Waals surface area contributed by atoms with E-state index in [2.05, 4.69) is 30.8 Å². The van der Waals surface area contributed by atoms with Crippen molar-refractivity contribution in [3.63, 3.8) is 0 Å². The molecule has 0 radical (unpaired) electrons. The molecule has 1 fully saturated rings. The number of hydrogen-bond acceptors (Lipinski definition) is 6. The predicted octanol–water partition coefficient (Wildman–Crippen LogP) is 3.60. The molecule has 4 heterocycles. The summed E-state index contributed by atoms with van der Waals surface area (Å²) in [6.07, 6.45) is 11.0. The van der Waals surface area contributed by atoms with Crippen LogP contribution in [0.25, 0.3) is 16.9 Å². The van der Waals surface area contributed by atoms with Crippen molar-refractivity contribution in [3.8, 4) is 11.3 Å². The Hall–Kier alpha value is -2.81. The molecule has 9 heteroatoms. The van der Waals surface area contributed by atoms with Crippen LogP contribution in [0.15, 0.2) is 37.1 Å². The van der Waals surface area contributed by atoms with Gasteiger partial charge in [-0.05, 0) is 30.4 Å². The second kappa shape index (κ2) is 5.62. The van der Waals surface area contributed by atoms with E-state index in [0.29, 0.717) is 17.4 Å². The van der Waals surface area contributed by atoms with Crippen molar-refractivity contribution in [3.05, 3.63) is 42.7 Å². The third-order valence-electron chi connectivity index (χ3n) is 4.25. The van der Waals surface area contributed by atoms with Crippen LogP contribution in [0.1, 0.15) is 24.5 Å². The minimum atomic E-state index is -0.653. The maximum Gasteiger partial charge on any atom is 0.181 e. The lowest BCUT2D eigenvalue weighted by atomic mass is 10.3. The maximum atomic E-state index is 12.7. The maximum absolute atomic E-state index is 12.7. The van der Waals surface area contributed by atoms with Crippen molar-refractivity contribution in [1.29, 1.82) is 0 Å². The molecule has 0 bridgehead atoms. The summed E-state index contributed by atoms with van der Waals surface area (Å²) in [4.78, 5) is 8.88. The van der Waals surface area contributed by atoms with E-state index < -0.39 is 6.80 Å². The molecule has 0 atom stereocenters. The van der Waals surface area contributed by atoms with E-state index >= 15 is 0 Å². The van der Waals surface area contributed by atoms with Gasteiger partial charge in [-0.15, -0.1) is 0 Å². The highest BCUT2D eigenvalue weighted by molar-refractivity contribution is 7.10. The van der Waals surface area contributed by atoms with Gasteiger partial charge in [0.05, 0.1) is 23.8 Å². The number of halogens is 1. The molecule has 1 saturated carbocycles. The molecule has 25 heavy (non-hydrogen) atoms. The number of alkyl halides is 1. The lowest BCUT2D eigenvalue weighted by molar-refractivity contribution is 0.350. The van der Waals surface area contributed by atoms with E-state index in [4.69, 9.17) is 0 Å². The standard InChI is InChI=1S/C16H14FN7S/c17-9-23-8-11(6-20-23)13-7-19-16-15(18-3-4-24(13)16)21-14-5-12(22-25-14)10-1-2-10/h3-8,10H,1-2,9H2,(H,18,21).